The Kier molecular flexibility index (Phi) is 47.8. The fraction of sp³-hybridized carbons (Fsp3) is 0.811. The van der Waals surface area contributed by atoms with Crippen LogP contribution in [0.5, 0.6) is 0 Å². The van der Waals surface area contributed by atoms with Crippen LogP contribution in [0.4, 0.5) is 0 Å². The molecule has 0 saturated heterocycles. The molecule has 0 amide bonds. The fourth-order valence-electron chi connectivity index (χ4n) is 7.34. The molecule has 0 radical (unpaired) electrons. The van der Waals surface area contributed by atoms with E-state index < -0.39 is 32.5 Å². The summed E-state index contributed by atoms with van der Waals surface area (Å²) in [4.78, 5) is 35.0. The summed E-state index contributed by atoms with van der Waals surface area (Å²) in [5, 5.41) is 0. The first-order chi connectivity index (χ1) is 30.8. The molecule has 0 aliphatic heterocycles. The number of phosphoric ester groups is 1. The van der Waals surface area contributed by atoms with Crippen molar-refractivity contribution < 1.29 is 37.6 Å². The number of esters is 2. The third kappa shape index (κ3) is 49.2. The van der Waals surface area contributed by atoms with Gasteiger partial charge in [-0.25, -0.2) is 4.57 Å². The number of carbonyl (C=O) groups excluding carboxylic acids is 2. The van der Waals surface area contributed by atoms with Crippen LogP contribution in [0.25, 0.3) is 0 Å². The predicted molar refractivity (Wildman–Crippen MR) is 266 cm³/mol. The standard InChI is InChI=1S/C53H98NO8P/c1-3-5-7-9-11-13-15-17-19-21-23-25-27-29-31-33-35-37-39-41-43-45-52(55)59-49-51(50-61-63(57,58)60-48-47-54)62-53(56)46-44-42-40-38-36-34-32-30-28-26-24-22-20-18-16-14-12-10-8-6-4-2/h20,22,26,28,32,34,38,40,51H,3-19,21,23-25,27,29-31,33,35-37,39,41-50,54H2,1-2H3,(H,57,58)/b22-20+,28-26+,34-32+,40-38+/t51-/m1/s1. The van der Waals surface area contributed by atoms with Crippen LogP contribution in [0, 0.1) is 0 Å². The fourth-order valence-corrected chi connectivity index (χ4v) is 8.10. The van der Waals surface area contributed by atoms with E-state index in [1.54, 1.807) is 0 Å². The van der Waals surface area contributed by atoms with Crippen LogP contribution in [0.3, 0.4) is 0 Å². The quantitative estimate of drug-likeness (QED) is 0.0265. The molecule has 0 aromatic heterocycles. The number of hydrogen-bond acceptors (Lipinski definition) is 8. The SMILES string of the molecule is CCCCCCCCC/C=C/C/C=C/C/C=C/C/C=C/CCCC(=O)O[C@H](COC(=O)CCCCCCCCCCCCCCCCCCCCCCC)COP(=O)(O)OCCN. The van der Waals surface area contributed by atoms with Gasteiger partial charge in [0.05, 0.1) is 13.2 Å². The summed E-state index contributed by atoms with van der Waals surface area (Å²) in [6, 6.07) is 0. The highest BCUT2D eigenvalue weighted by Gasteiger charge is 2.26. The lowest BCUT2D eigenvalue weighted by Crippen LogP contribution is -2.29. The van der Waals surface area contributed by atoms with Gasteiger partial charge in [0.15, 0.2) is 6.10 Å². The summed E-state index contributed by atoms with van der Waals surface area (Å²) >= 11 is 0. The van der Waals surface area contributed by atoms with Crippen molar-refractivity contribution in [2.45, 2.75) is 251 Å². The Morgan fingerprint density at radius 3 is 1.27 bits per heavy atom. The van der Waals surface area contributed by atoms with Gasteiger partial charge in [-0.3, -0.25) is 18.6 Å². The molecule has 0 aromatic rings. The normalized spacial score (nSPS) is 13.5. The molecule has 63 heavy (non-hydrogen) atoms. The maximum Gasteiger partial charge on any atom is 0.472 e. The minimum Gasteiger partial charge on any atom is -0.462 e. The zero-order chi connectivity index (χ0) is 46.0. The van der Waals surface area contributed by atoms with Gasteiger partial charge in [-0.15, -0.1) is 0 Å². The van der Waals surface area contributed by atoms with Crippen molar-refractivity contribution in [3.8, 4) is 0 Å². The number of allylic oxidation sites excluding steroid dienone is 8. The molecule has 3 N–H and O–H groups in total. The van der Waals surface area contributed by atoms with E-state index in [1.165, 1.54) is 167 Å². The monoisotopic (exact) mass is 908 g/mol. The molecule has 9 nitrogen and oxygen atoms in total. The number of phosphoric acid groups is 1. The molecule has 0 saturated carbocycles. The number of carbonyl (C=O) groups is 2. The van der Waals surface area contributed by atoms with Gasteiger partial charge in [-0.1, -0.05) is 229 Å². The van der Waals surface area contributed by atoms with Gasteiger partial charge in [0, 0.05) is 19.4 Å². The van der Waals surface area contributed by atoms with Crippen LogP contribution in [0.15, 0.2) is 48.6 Å². The van der Waals surface area contributed by atoms with E-state index in [0.717, 1.165) is 38.5 Å². The van der Waals surface area contributed by atoms with Gasteiger partial charge in [0.25, 0.3) is 0 Å². The van der Waals surface area contributed by atoms with Crippen molar-refractivity contribution in [2.75, 3.05) is 26.4 Å². The number of nitrogens with two attached hydrogens (primary N) is 1. The summed E-state index contributed by atoms with van der Waals surface area (Å²) in [5.41, 5.74) is 5.36. The molecule has 0 rings (SSSR count). The van der Waals surface area contributed by atoms with Crippen LogP contribution < -0.4 is 5.73 Å². The highest BCUT2D eigenvalue weighted by Crippen LogP contribution is 2.43. The molecule has 0 spiro atoms. The average molecular weight is 908 g/mol. The summed E-state index contributed by atoms with van der Waals surface area (Å²) in [6.45, 7) is 3.71. The van der Waals surface area contributed by atoms with E-state index in [4.69, 9.17) is 24.3 Å². The van der Waals surface area contributed by atoms with Crippen LogP contribution in [-0.4, -0.2) is 49.3 Å². The molecule has 0 heterocycles. The Balaban J connectivity index is 4.11. The maximum absolute atomic E-state index is 12.6. The van der Waals surface area contributed by atoms with E-state index in [0.29, 0.717) is 12.8 Å². The Hall–Kier alpha value is -2.03. The molecular formula is C53H98NO8P. The summed E-state index contributed by atoms with van der Waals surface area (Å²) < 4.78 is 32.9. The lowest BCUT2D eigenvalue weighted by atomic mass is 10.0. The molecule has 0 aliphatic carbocycles. The number of rotatable bonds is 49. The van der Waals surface area contributed by atoms with Crippen LogP contribution >= 0.6 is 7.82 Å². The molecular weight excluding hydrogens is 810 g/mol. The van der Waals surface area contributed by atoms with Crippen molar-refractivity contribution in [1.82, 2.24) is 0 Å². The van der Waals surface area contributed by atoms with Gasteiger partial charge in [-0.2, -0.15) is 0 Å². The van der Waals surface area contributed by atoms with Crippen molar-refractivity contribution in [3.63, 3.8) is 0 Å². The van der Waals surface area contributed by atoms with Crippen molar-refractivity contribution in [2.24, 2.45) is 5.73 Å². The van der Waals surface area contributed by atoms with Gasteiger partial charge in [-0.05, 0) is 51.4 Å². The third-order valence-corrected chi connectivity index (χ3v) is 12.2. The zero-order valence-corrected chi connectivity index (χ0v) is 41.7. The van der Waals surface area contributed by atoms with Crippen LogP contribution in [0.1, 0.15) is 245 Å². The van der Waals surface area contributed by atoms with Crippen molar-refractivity contribution in [3.05, 3.63) is 48.6 Å². The topological polar surface area (TPSA) is 134 Å². The first kappa shape index (κ1) is 61.0. The largest absolute Gasteiger partial charge is 0.472 e. The van der Waals surface area contributed by atoms with E-state index >= 15 is 0 Å². The highest BCUT2D eigenvalue weighted by atomic mass is 31.2. The lowest BCUT2D eigenvalue weighted by molar-refractivity contribution is -0.161. The Morgan fingerprint density at radius 2 is 0.841 bits per heavy atom. The number of ether oxygens (including phenoxy) is 2. The van der Waals surface area contributed by atoms with Crippen molar-refractivity contribution >= 4 is 19.8 Å². The molecule has 0 bridgehead atoms. The van der Waals surface area contributed by atoms with Crippen LogP contribution in [-0.2, 0) is 32.7 Å². The smallest absolute Gasteiger partial charge is 0.462 e. The predicted octanol–water partition coefficient (Wildman–Crippen LogP) is 15.8. The minimum atomic E-state index is -4.40. The van der Waals surface area contributed by atoms with Gasteiger partial charge >= 0.3 is 19.8 Å². The second-order valence-corrected chi connectivity index (χ2v) is 18.9. The number of unbranched alkanes of at least 4 members (excludes halogenated alkanes) is 28. The van der Waals surface area contributed by atoms with E-state index in [2.05, 4.69) is 56.4 Å². The van der Waals surface area contributed by atoms with E-state index in [9.17, 15) is 19.0 Å². The zero-order valence-electron chi connectivity index (χ0n) is 40.8. The lowest BCUT2D eigenvalue weighted by Gasteiger charge is -2.19. The van der Waals surface area contributed by atoms with Crippen LogP contribution in [0.2, 0.25) is 0 Å². The summed E-state index contributed by atoms with van der Waals surface area (Å²) in [6.07, 6.45) is 58.8. The van der Waals surface area contributed by atoms with Crippen molar-refractivity contribution in [1.29, 1.82) is 0 Å². The molecule has 0 aromatic carbocycles. The first-order valence-electron chi connectivity index (χ1n) is 26.1. The van der Waals surface area contributed by atoms with Gasteiger partial charge in [0.2, 0.25) is 0 Å². The van der Waals surface area contributed by atoms with E-state index in [1.807, 2.05) is 6.08 Å². The third-order valence-electron chi connectivity index (χ3n) is 11.2. The molecule has 0 aliphatic rings. The maximum atomic E-state index is 12.6. The Labute approximate surface area is 387 Å². The van der Waals surface area contributed by atoms with Gasteiger partial charge < -0.3 is 20.1 Å². The minimum absolute atomic E-state index is 0.0447. The molecule has 0 fully saturated rings. The second-order valence-electron chi connectivity index (χ2n) is 17.4. The summed E-state index contributed by atoms with van der Waals surface area (Å²) in [5.74, 6) is -0.885. The highest BCUT2D eigenvalue weighted by molar-refractivity contribution is 7.47. The Bertz CT molecular complexity index is 1170. The van der Waals surface area contributed by atoms with E-state index in [-0.39, 0.29) is 32.6 Å². The molecule has 368 valence electrons. The Morgan fingerprint density at radius 1 is 0.476 bits per heavy atom. The second kappa shape index (κ2) is 49.4. The summed E-state index contributed by atoms with van der Waals surface area (Å²) in [7, 11) is -4.40. The molecule has 2 atom stereocenters. The first-order valence-corrected chi connectivity index (χ1v) is 27.6. The molecule has 1 unspecified atom stereocenters. The molecule has 10 heteroatoms. The average Bonchev–Trinajstić information content (AvgIpc) is 3.27. The number of hydrogen-bond donors (Lipinski definition) is 2. The van der Waals surface area contributed by atoms with Gasteiger partial charge in [0.1, 0.15) is 6.61 Å².